The summed E-state index contributed by atoms with van der Waals surface area (Å²) in [6, 6.07) is 12.8. The van der Waals surface area contributed by atoms with Crippen LogP contribution < -0.4 is 5.32 Å². The lowest BCUT2D eigenvalue weighted by atomic mass is 9.83. The van der Waals surface area contributed by atoms with E-state index in [4.69, 9.17) is 4.74 Å². The van der Waals surface area contributed by atoms with E-state index in [2.05, 4.69) is 5.32 Å². The van der Waals surface area contributed by atoms with Gasteiger partial charge in [0.1, 0.15) is 10.7 Å². The molecule has 1 N–H and O–H groups in total. The Kier molecular flexibility index (Phi) is 5.83. The summed E-state index contributed by atoms with van der Waals surface area (Å²) in [6.45, 7) is 4.41. The van der Waals surface area contributed by atoms with E-state index in [1.54, 1.807) is 13.8 Å². The molecule has 1 saturated heterocycles. The predicted octanol–water partition coefficient (Wildman–Crippen LogP) is 2.76. The lowest BCUT2D eigenvalue weighted by molar-refractivity contribution is -0.120. The first-order valence-corrected chi connectivity index (χ1v) is 10.4. The number of carbonyl (C=O) groups is 1. The second kappa shape index (κ2) is 7.98. The number of anilines is 1. The Bertz CT molecular complexity index is 955. The van der Waals surface area contributed by atoms with Crippen molar-refractivity contribution in [2.24, 2.45) is 0 Å². The first-order chi connectivity index (χ1) is 13.2. The first kappa shape index (κ1) is 20.4. The second-order valence-corrected chi connectivity index (χ2v) is 9.01. The summed E-state index contributed by atoms with van der Waals surface area (Å²) in [5.41, 5.74) is 0.192. The maximum atomic E-state index is 14.3. The van der Waals surface area contributed by atoms with Crippen LogP contribution in [0.15, 0.2) is 53.4 Å². The smallest absolute Gasteiger partial charge is 0.246 e. The molecule has 0 bridgehead atoms. The zero-order chi connectivity index (χ0) is 20.4. The number of rotatable bonds is 5. The van der Waals surface area contributed by atoms with Crippen LogP contribution in [0, 0.1) is 5.82 Å². The molecule has 0 aliphatic carbocycles. The molecule has 0 unspecified atom stereocenters. The van der Waals surface area contributed by atoms with Crippen LogP contribution in [-0.2, 0) is 25.0 Å². The highest BCUT2D eigenvalue weighted by molar-refractivity contribution is 7.89. The van der Waals surface area contributed by atoms with E-state index in [0.717, 1.165) is 11.6 Å². The molecule has 0 saturated carbocycles. The van der Waals surface area contributed by atoms with E-state index in [-0.39, 0.29) is 37.9 Å². The van der Waals surface area contributed by atoms with Crippen LogP contribution in [0.4, 0.5) is 10.1 Å². The number of halogens is 1. The summed E-state index contributed by atoms with van der Waals surface area (Å²) in [7, 11) is -4.01. The number of sulfonamides is 1. The molecular formula is C20H23FN2O4S. The fourth-order valence-corrected chi connectivity index (χ4v) is 4.48. The average Bonchev–Trinajstić information content (AvgIpc) is 2.70. The summed E-state index contributed by atoms with van der Waals surface area (Å²) in [6.07, 6.45) is 0. The van der Waals surface area contributed by atoms with Gasteiger partial charge >= 0.3 is 0 Å². The summed E-state index contributed by atoms with van der Waals surface area (Å²) in [5, 5.41) is 2.71. The van der Waals surface area contributed by atoms with Crippen molar-refractivity contribution in [2.45, 2.75) is 24.2 Å². The highest BCUT2D eigenvalue weighted by atomic mass is 32.2. The predicted molar refractivity (Wildman–Crippen MR) is 104 cm³/mol. The minimum atomic E-state index is -4.01. The van der Waals surface area contributed by atoms with Crippen molar-refractivity contribution < 1.29 is 22.3 Å². The normalized spacial score (nSPS) is 16.0. The summed E-state index contributed by atoms with van der Waals surface area (Å²) in [5.74, 6) is -1.17. The maximum Gasteiger partial charge on any atom is 0.246 e. The largest absolute Gasteiger partial charge is 0.379 e. The van der Waals surface area contributed by atoms with Crippen LogP contribution in [0.5, 0.6) is 0 Å². The van der Waals surface area contributed by atoms with Crippen LogP contribution in [-0.4, -0.2) is 44.9 Å². The molecule has 0 aromatic heterocycles. The van der Waals surface area contributed by atoms with Gasteiger partial charge in [-0.1, -0.05) is 30.3 Å². The van der Waals surface area contributed by atoms with E-state index in [0.29, 0.717) is 0 Å². The van der Waals surface area contributed by atoms with Gasteiger partial charge in [0.2, 0.25) is 15.9 Å². The molecule has 3 rings (SSSR count). The fourth-order valence-electron chi connectivity index (χ4n) is 2.98. The standard InChI is InChI=1S/C20H23FN2O4S/c1-20(2,15-6-4-3-5-7-15)19(24)22-16-8-9-17(21)18(14-16)28(25,26)23-10-12-27-13-11-23/h3-9,14H,10-13H2,1-2H3,(H,22,24). The number of hydrogen-bond acceptors (Lipinski definition) is 4. The Morgan fingerprint density at radius 3 is 2.39 bits per heavy atom. The van der Waals surface area contributed by atoms with Crippen molar-refractivity contribution in [3.8, 4) is 0 Å². The molecule has 2 aromatic rings. The van der Waals surface area contributed by atoms with E-state index in [9.17, 15) is 17.6 Å². The second-order valence-electron chi connectivity index (χ2n) is 7.11. The third-order valence-electron chi connectivity index (χ3n) is 4.84. The number of amides is 1. The molecule has 150 valence electrons. The SMILES string of the molecule is CC(C)(C(=O)Nc1ccc(F)c(S(=O)(=O)N2CCOCC2)c1)c1ccccc1. The summed E-state index contributed by atoms with van der Waals surface area (Å²) >= 11 is 0. The monoisotopic (exact) mass is 406 g/mol. The van der Waals surface area contributed by atoms with Crippen LogP contribution in [0.1, 0.15) is 19.4 Å². The van der Waals surface area contributed by atoms with Crippen LogP contribution in [0.2, 0.25) is 0 Å². The zero-order valence-corrected chi connectivity index (χ0v) is 16.6. The molecule has 2 aromatic carbocycles. The van der Waals surface area contributed by atoms with Gasteiger partial charge in [-0.2, -0.15) is 4.31 Å². The number of nitrogens with one attached hydrogen (secondary N) is 1. The number of benzene rings is 2. The molecule has 1 aliphatic rings. The lowest BCUT2D eigenvalue weighted by Crippen LogP contribution is -2.41. The van der Waals surface area contributed by atoms with Gasteiger partial charge in [0.25, 0.3) is 0 Å². The molecular weight excluding hydrogens is 383 g/mol. The number of hydrogen-bond donors (Lipinski definition) is 1. The highest BCUT2D eigenvalue weighted by Gasteiger charge is 2.32. The average molecular weight is 406 g/mol. The van der Waals surface area contributed by atoms with Crippen molar-refractivity contribution in [1.82, 2.24) is 4.31 Å². The van der Waals surface area contributed by atoms with Gasteiger partial charge in [-0.3, -0.25) is 4.79 Å². The van der Waals surface area contributed by atoms with Gasteiger partial charge in [0, 0.05) is 18.8 Å². The maximum absolute atomic E-state index is 14.3. The van der Waals surface area contributed by atoms with E-state index in [1.165, 1.54) is 16.4 Å². The van der Waals surface area contributed by atoms with Gasteiger partial charge in [-0.15, -0.1) is 0 Å². The van der Waals surface area contributed by atoms with Crippen molar-refractivity contribution >= 4 is 21.6 Å². The minimum Gasteiger partial charge on any atom is -0.379 e. The van der Waals surface area contributed by atoms with Crippen molar-refractivity contribution in [1.29, 1.82) is 0 Å². The Labute approximate surface area is 164 Å². The fraction of sp³-hybridized carbons (Fsp3) is 0.350. The molecule has 6 nitrogen and oxygen atoms in total. The van der Waals surface area contributed by atoms with Gasteiger partial charge < -0.3 is 10.1 Å². The van der Waals surface area contributed by atoms with Crippen molar-refractivity contribution in [3.63, 3.8) is 0 Å². The van der Waals surface area contributed by atoms with Gasteiger partial charge in [-0.05, 0) is 37.6 Å². The number of morpholine rings is 1. The van der Waals surface area contributed by atoms with Crippen LogP contribution in [0.3, 0.4) is 0 Å². The van der Waals surface area contributed by atoms with Crippen LogP contribution >= 0.6 is 0 Å². The third kappa shape index (κ3) is 4.09. The third-order valence-corrected chi connectivity index (χ3v) is 6.75. The highest BCUT2D eigenvalue weighted by Crippen LogP contribution is 2.27. The molecule has 8 heteroatoms. The van der Waals surface area contributed by atoms with Gasteiger partial charge in [0.15, 0.2) is 0 Å². The van der Waals surface area contributed by atoms with Crippen molar-refractivity contribution in [3.05, 3.63) is 59.9 Å². The molecule has 28 heavy (non-hydrogen) atoms. The number of nitrogens with zero attached hydrogens (tertiary/aromatic N) is 1. The number of carbonyl (C=O) groups excluding carboxylic acids is 1. The molecule has 0 spiro atoms. The van der Waals surface area contributed by atoms with Gasteiger partial charge in [-0.25, -0.2) is 12.8 Å². The molecule has 1 amide bonds. The zero-order valence-electron chi connectivity index (χ0n) is 15.8. The molecule has 0 atom stereocenters. The summed E-state index contributed by atoms with van der Waals surface area (Å²) in [4.78, 5) is 12.3. The van der Waals surface area contributed by atoms with Crippen molar-refractivity contribution in [2.75, 3.05) is 31.6 Å². The summed E-state index contributed by atoms with van der Waals surface area (Å²) < 4.78 is 46.2. The van der Waals surface area contributed by atoms with E-state index < -0.39 is 26.2 Å². The Morgan fingerprint density at radius 1 is 1.11 bits per heavy atom. The minimum absolute atomic E-state index is 0.166. The topological polar surface area (TPSA) is 75.7 Å². The van der Waals surface area contributed by atoms with Gasteiger partial charge in [0.05, 0.1) is 18.6 Å². The quantitative estimate of drug-likeness (QED) is 0.829. The number of ether oxygens (including phenoxy) is 1. The first-order valence-electron chi connectivity index (χ1n) is 8.97. The van der Waals surface area contributed by atoms with E-state index in [1.807, 2.05) is 30.3 Å². The van der Waals surface area contributed by atoms with E-state index >= 15 is 0 Å². The lowest BCUT2D eigenvalue weighted by Gasteiger charge is -2.27. The Morgan fingerprint density at radius 2 is 1.75 bits per heavy atom. The Hall–Kier alpha value is -2.29. The molecule has 1 aliphatic heterocycles. The molecule has 0 radical (unpaired) electrons. The van der Waals surface area contributed by atoms with Crippen LogP contribution in [0.25, 0.3) is 0 Å². The molecule has 1 heterocycles. The Balaban J connectivity index is 1.86. The molecule has 1 fully saturated rings.